The van der Waals surface area contributed by atoms with E-state index in [2.05, 4.69) is 26.7 Å². The molecule has 2 aliphatic heterocycles. The van der Waals surface area contributed by atoms with Crippen LogP contribution in [0.3, 0.4) is 0 Å². The van der Waals surface area contributed by atoms with Gasteiger partial charge in [-0.05, 0) is 24.8 Å². The van der Waals surface area contributed by atoms with Gasteiger partial charge in [-0.3, -0.25) is 14.4 Å². The highest BCUT2D eigenvalue weighted by molar-refractivity contribution is 5.92. The number of carbonyl (C=O) groups excluding carboxylic acids is 2. The first kappa shape index (κ1) is 17.5. The van der Waals surface area contributed by atoms with Crippen LogP contribution in [0.5, 0.6) is 0 Å². The summed E-state index contributed by atoms with van der Waals surface area (Å²) in [4.78, 5) is 28.2. The van der Waals surface area contributed by atoms with Crippen molar-refractivity contribution in [3.05, 3.63) is 24.0 Å². The molecule has 136 valence electrons. The highest BCUT2D eigenvalue weighted by Gasteiger charge is 2.19. The lowest BCUT2D eigenvalue weighted by atomic mass is 10.1. The summed E-state index contributed by atoms with van der Waals surface area (Å²) >= 11 is 0. The second kappa shape index (κ2) is 8.15. The van der Waals surface area contributed by atoms with Gasteiger partial charge in [0.1, 0.15) is 0 Å². The van der Waals surface area contributed by atoms with Crippen molar-refractivity contribution in [2.75, 3.05) is 44.6 Å². The number of likely N-dealkylation sites (tertiary alicyclic amines) is 1. The molecule has 1 aromatic heterocycles. The number of aromatic nitrogens is 2. The number of hydrogen-bond acceptors (Lipinski definition) is 4. The third kappa shape index (κ3) is 5.06. The summed E-state index contributed by atoms with van der Waals surface area (Å²) in [5.74, 6) is -0.0460. The van der Waals surface area contributed by atoms with Crippen LogP contribution >= 0.6 is 0 Å². The fourth-order valence-corrected chi connectivity index (χ4v) is 3.26. The third-order valence-corrected chi connectivity index (χ3v) is 4.52. The molecule has 2 aliphatic rings. The minimum atomic E-state index is -0.0460. The van der Waals surface area contributed by atoms with Crippen LogP contribution in [0.2, 0.25) is 0 Å². The molecular weight excluding hydrogens is 320 g/mol. The Labute approximate surface area is 147 Å². The van der Waals surface area contributed by atoms with Gasteiger partial charge in [-0.15, -0.1) is 0 Å². The first-order valence-electron chi connectivity index (χ1n) is 8.82. The second-order valence-electron chi connectivity index (χ2n) is 6.67. The molecule has 0 spiro atoms. The summed E-state index contributed by atoms with van der Waals surface area (Å²) in [6, 6.07) is 0.0184. The van der Waals surface area contributed by atoms with Crippen LogP contribution < -0.4 is 10.6 Å². The molecule has 1 saturated heterocycles. The summed E-state index contributed by atoms with van der Waals surface area (Å²) in [7, 11) is 1.81. The Balaban J connectivity index is 1.41. The standard InChI is InChI=1S/C17H26N6O2/c1-21-12-15(10-19-21)20-16(24)13-22-6-4-5-14(11-22)9-18-17(25)23-7-2-3-8-23/h5,10,12H,2-4,6-9,11,13H2,1H3,(H,18,25)(H,20,24). The van der Waals surface area contributed by atoms with E-state index < -0.39 is 0 Å². The largest absolute Gasteiger partial charge is 0.334 e. The zero-order valence-corrected chi connectivity index (χ0v) is 14.7. The highest BCUT2D eigenvalue weighted by atomic mass is 16.2. The Morgan fingerprint density at radius 3 is 2.76 bits per heavy atom. The fraction of sp³-hybridized carbons (Fsp3) is 0.588. The van der Waals surface area contributed by atoms with Crippen LogP contribution in [0.15, 0.2) is 24.0 Å². The molecule has 0 aliphatic carbocycles. The molecule has 3 rings (SSSR count). The Morgan fingerprint density at radius 2 is 2.04 bits per heavy atom. The van der Waals surface area contributed by atoms with Gasteiger partial charge in [-0.2, -0.15) is 5.10 Å². The quantitative estimate of drug-likeness (QED) is 0.773. The number of urea groups is 1. The fourth-order valence-electron chi connectivity index (χ4n) is 3.26. The average molecular weight is 346 g/mol. The molecule has 1 aromatic rings. The van der Waals surface area contributed by atoms with Crippen molar-refractivity contribution in [3.63, 3.8) is 0 Å². The predicted octanol–water partition coefficient (Wildman–Crippen LogP) is 0.796. The Hall–Kier alpha value is -2.35. The first-order valence-corrected chi connectivity index (χ1v) is 8.82. The van der Waals surface area contributed by atoms with E-state index in [1.807, 2.05) is 11.9 Å². The second-order valence-corrected chi connectivity index (χ2v) is 6.67. The Bertz CT molecular complexity index is 647. The average Bonchev–Trinajstić information content (AvgIpc) is 3.25. The Morgan fingerprint density at radius 1 is 1.24 bits per heavy atom. The lowest BCUT2D eigenvalue weighted by Gasteiger charge is -2.27. The summed E-state index contributed by atoms with van der Waals surface area (Å²) in [6.45, 7) is 4.16. The summed E-state index contributed by atoms with van der Waals surface area (Å²) in [6.07, 6.45) is 8.65. The van der Waals surface area contributed by atoms with E-state index in [0.717, 1.165) is 44.5 Å². The van der Waals surface area contributed by atoms with Crippen molar-refractivity contribution in [2.24, 2.45) is 7.05 Å². The van der Waals surface area contributed by atoms with Crippen LogP contribution in [0.1, 0.15) is 19.3 Å². The smallest absolute Gasteiger partial charge is 0.317 e. The molecule has 1 fully saturated rings. The number of nitrogens with zero attached hydrogens (tertiary/aromatic N) is 4. The monoisotopic (exact) mass is 346 g/mol. The summed E-state index contributed by atoms with van der Waals surface area (Å²) < 4.78 is 1.65. The van der Waals surface area contributed by atoms with Crippen LogP contribution in [0, 0.1) is 0 Å². The van der Waals surface area contributed by atoms with Gasteiger partial charge in [0.05, 0.1) is 18.4 Å². The molecule has 0 unspecified atom stereocenters. The van der Waals surface area contributed by atoms with Gasteiger partial charge in [0.15, 0.2) is 0 Å². The minimum absolute atomic E-state index is 0.0184. The van der Waals surface area contributed by atoms with Crippen molar-refractivity contribution in [2.45, 2.75) is 19.3 Å². The van der Waals surface area contributed by atoms with Gasteiger partial charge in [-0.25, -0.2) is 4.79 Å². The maximum absolute atomic E-state index is 12.2. The van der Waals surface area contributed by atoms with E-state index in [-0.39, 0.29) is 11.9 Å². The van der Waals surface area contributed by atoms with E-state index in [0.29, 0.717) is 25.3 Å². The molecule has 2 N–H and O–H groups in total. The number of carbonyl (C=O) groups is 2. The lowest BCUT2D eigenvalue weighted by molar-refractivity contribution is -0.117. The maximum atomic E-state index is 12.2. The van der Waals surface area contributed by atoms with Gasteiger partial charge >= 0.3 is 6.03 Å². The number of nitrogens with one attached hydrogen (secondary N) is 2. The van der Waals surface area contributed by atoms with Gasteiger partial charge in [0, 0.05) is 46.0 Å². The van der Waals surface area contributed by atoms with E-state index in [1.165, 1.54) is 0 Å². The highest BCUT2D eigenvalue weighted by Crippen LogP contribution is 2.11. The molecule has 0 aromatic carbocycles. The normalized spacial score (nSPS) is 18.1. The summed E-state index contributed by atoms with van der Waals surface area (Å²) in [5, 5.41) is 9.88. The molecule has 3 heterocycles. The van der Waals surface area contributed by atoms with E-state index >= 15 is 0 Å². The van der Waals surface area contributed by atoms with Crippen molar-refractivity contribution < 1.29 is 9.59 Å². The molecule has 0 atom stereocenters. The maximum Gasteiger partial charge on any atom is 0.317 e. The van der Waals surface area contributed by atoms with Crippen molar-refractivity contribution in [1.82, 2.24) is 24.9 Å². The summed E-state index contributed by atoms with van der Waals surface area (Å²) in [5.41, 5.74) is 1.87. The SMILES string of the molecule is Cn1cc(NC(=O)CN2CCC=C(CNC(=O)N3CCCC3)C2)cn1. The molecule has 25 heavy (non-hydrogen) atoms. The van der Waals surface area contributed by atoms with Gasteiger partial charge in [-0.1, -0.05) is 6.08 Å². The number of amides is 3. The molecule has 0 bridgehead atoms. The van der Waals surface area contributed by atoms with E-state index in [4.69, 9.17) is 0 Å². The van der Waals surface area contributed by atoms with E-state index in [1.54, 1.807) is 17.1 Å². The zero-order valence-electron chi connectivity index (χ0n) is 14.7. The Kier molecular flexibility index (Phi) is 5.70. The van der Waals surface area contributed by atoms with Crippen LogP contribution in [0.4, 0.5) is 10.5 Å². The van der Waals surface area contributed by atoms with Gasteiger partial charge in [0.2, 0.25) is 5.91 Å². The topological polar surface area (TPSA) is 82.5 Å². The number of hydrogen-bond donors (Lipinski definition) is 2. The van der Waals surface area contributed by atoms with Crippen LogP contribution in [-0.4, -0.2) is 70.8 Å². The number of anilines is 1. The zero-order chi connectivity index (χ0) is 17.6. The van der Waals surface area contributed by atoms with Crippen LogP contribution in [-0.2, 0) is 11.8 Å². The van der Waals surface area contributed by atoms with E-state index in [9.17, 15) is 9.59 Å². The minimum Gasteiger partial charge on any atom is -0.334 e. The van der Waals surface area contributed by atoms with Crippen molar-refractivity contribution >= 4 is 17.6 Å². The van der Waals surface area contributed by atoms with Gasteiger partial charge < -0.3 is 15.5 Å². The molecule has 3 amide bonds. The number of rotatable bonds is 5. The van der Waals surface area contributed by atoms with Gasteiger partial charge in [0.25, 0.3) is 0 Å². The first-order chi connectivity index (χ1) is 12.1. The van der Waals surface area contributed by atoms with Crippen molar-refractivity contribution in [1.29, 1.82) is 0 Å². The molecular formula is C17H26N6O2. The third-order valence-electron chi connectivity index (χ3n) is 4.52. The number of aryl methyl sites for hydroxylation is 1. The predicted molar refractivity (Wildman–Crippen MR) is 95.2 cm³/mol. The molecule has 0 radical (unpaired) electrons. The molecule has 0 saturated carbocycles. The molecule has 8 heteroatoms. The van der Waals surface area contributed by atoms with Crippen LogP contribution in [0.25, 0.3) is 0 Å². The lowest BCUT2D eigenvalue weighted by Crippen LogP contribution is -2.42. The van der Waals surface area contributed by atoms with Crippen molar-refractivity contribution in [3.8, 4) is 0 Å². The molecule has 8 nitrogen and oxygen atoms in total.